The third kappa shape index (κ3) is 2.99. The van der Waals surface area contributed by atoms with Crippen LogP contribution >= 0.6 is 0 Å². The van der Waals surface area contributed by atoms with Crippen LogP contribution in [0.4, 0.5) is 0 Å². The normalized spacial score (nSPS) is 17.9. The van der Waals surface area contributed by atoms with Crippen LogP contribution in [0, 0.1) is 0 Å². The predicted octanol–water partition coefficient (Wildman–Crippen LogP) is -1.06. The van der Waals surface area contributed by atoms with Crippen LogP contribution in [0.15, 0.2) is 0 Å². The van der Waals surface area contributed by atoms with Gasteiger partial charge in [-0.1, -0.05) is 0 Å². The molecule has 0 unspecified atom stereocenters. The van der Waals surface area contributed by atoms with Gasteiger partial charge in [-0.05, 0) is 26.4 Å². The Balaban J connectivity index is 2.40. The number of carbonyl (C=O) groups excluding carboxylic acids is 2. The molecule has 0 bridgehead atoms. The minimum Gasteiger partial charge on any atom is -0.348 e. The second-order valence-corrected chi connectivity index (χ2v) is 3.36. The van der Waals surface area contributed by atoms with E-state index in [4.69, 9.17) is 0 Å². The summed E-state index contributed by atoms with van der Waals surface area (Å²) in [7, 11) is 1.87. The van der Waals surface area contributed by atoms with Crippen molar-refractivity contribution in [2.45, 2.75) is 12.8 Å². The minimum atomic E-state index is -0.466. The van der Waals surface area contributed by atoms with Gasteiger partial charge in [0.25, 0.3) is 0 Å². The third-order valence-corrected chi connectivity index (χ3v) is 2.23. The summed E-state index contributed by atoms with van der Waals surface area (Å²) in [6, 6.07) is 0. The van der Waals surface area contributed by atoms with E-state index in [1.54, 1.807) is 4.90 Å². The van der Waals surface area contributed by atoms with E-state index >= 15 is 0 Å². The summed E-state index contributed by atoms with van der Waals surface area (Å²) in [5.74, 6) is -0.856. The number of hydrogen-bond acceptors (Lipinski definition) is 3. The van der Waals surface area contributed by atoms with Gasteiger partial charge in [0, 0.05) is 19.6 Å². The maximum atomic E-state index is 11.4. The number of nitrogens with zero attached hydrogens (tertiary/aromatic N) is 1. The van der Waals surface area contributed by atoms with Gasteiger partial charge in [0.2, 0.25) is 0 Å². The molecule has 1 rings (SSSR count). The molecule has 1 saturated heterocycles. The summed E-state index contributed by atoms with van der Waals surface area (Å²) in [6.07, 6.45) is 1.73. The monoisotopic (exact) mass is 199 g/mol. The summed E-state index contributed by atoms with van der Waals surface area (Å²) in [4.78, 5) is 24.2. The first-order chi connectivity index (χ1) is 6.75. The Morgan fingerprint density at radius 1 is 1.50 bits per heavy atom. The molecule has 80 valence electrons. The van der Waals surface area contributed by atoms with Gasteiger partial charge in [0.1, 0.15) is 0 Å². The fourth-order valence-electron chi connectivity index (χ4n) is 1.45. The second kappa shape index (κ2) is 5.59. The molecule has 2 N–H and O–H groups in total. The SMILES string of the molecule is CNCCCN1CCCNC(=O)C1=O. The first-order valence-corrected chi connectivity index (χ1v) is 4.97. The molecular formula is C9H17N3O2. The summed E-state index contributed by atoms with van der Waals surface area (Å²) >= 11 is 0. The zero-order valence-electron chi connectivity index (χ0n) is 8.51. The largest absolute Gasteiger partial charge is 0.348 e. The zero-order valence-corrected chi connectivity index (χ0v) is 8.51. The van der Waals surface area contributed by atoms with Crippen LogP contribution < -0.4 is 10.6 Å². The van der Waals surface area contributed by atoms with Crippen LogP contribution in [-0.4, -0.2) is 49.9 Å². The standard InChI is InChI=1S/C9H17N3O2/c1-10-4-2-6-12-7-3-5-11-8(13)9(12)14/h10H,2-7H2,1H3,(H,11,13). The van der Waals surface area contributed by atoms with E-state index in [1.807, 2.05) is 7.05 Å². The Morgan fingerprint density at radius 2 is 2.29 bits per heavy atom. The van der Waals surface area contributed by atoms with Crippen LogP contribution in [0.3, 0.4) is 0 Å². The lowest BCUT2D eigenvalue weighted by Gasteiger charge is -2.18. The highest BCUT2D eigenvalue weighted by Gasteiger charge is 2.23. The lowest BCUT2D eigenvalue weighted by molar-refractivity contribution is -0.144. The molecule has 14 heavy (non-hydrogen) atoms. The highest BCUT2D eigenvalue weighted by Crippen LogP contribution is 1.98. The number of hydrogen-bond donors (Lipinski definition) is 2. The smallest absolute Gasteiger partial charge is 0.311 e. The Hall–Kier alpha value is -1.10. The topological polar surface area (TPSA) is 61.4 Å². The molecule has 0 aromatic rings. The lowest BCUT2D eigenvalue weighted by atomic mass is 10.3. The molecule has 0 aromatic heterocycles. The molecule has 2 amide bonds. The number of carbonyl (C=O) groups is 2. The van der Waals surface area contributed by atoms with Crippen molar-refractivity contribution < 1.29 is 9.59 Å². The number of nitrogens with one attached hydrogen (secondary N) is 2. The van der Waals surface area contributed by atoms with Crippen molar-refractivity contribution in [1.29, 1.82) is 0 Å². The molecule has 0 aromatic carbocycles. The third-order valence-electron chi connectivity index (χ3n) is 2.23. The van der Waals surface area contributed by atoms with Crippen molar-refractivity contribution in [2.24, 2.45) is 0 Å². The lowest BCUT2D eigenvalue weighted by Crippen LogP contribution is -2.40. The fourth-order valence-corrected chi connectivity index (χ4v) is 1.45. The number of rotatable bonds is 4. The van der Waals surface area contributed by atoms with Gasteiger partial charge in [0.05, 0.1) is 0 Å². The molecule has 0 atom stereocenters. The average Bonchev–Trinajstić information content (AvgIpc) is 2.33. The van der Waals surface area contributed by atoms with E-state index in [0.29, 0.717) is 19.6 Å². The quantitative estimate of drug-likeness (QED) is 0.448. The van der Waals surface area contributed by atoms with Gasteiger partial charge in [-0.25, -0.2) is 0 Å². The van der Waals surface area contributed by atoms with Gasteiger partial charge in [-0.2, -0.15) is 0 Å². The molecule has 0 radical (unpaired) electrons. The first kappa shape index (κ1) is 11.0. The van der Waals surface area contributed by atoms with Crippen molar-refractivity contribution in [1.82, 2.24) is 15.5 Å². The molecule has 0 spiro atoms. The Morgan fingerprint density at radius 3 is 3.00 bits per heavy atom. The van der Waals surface area contributed by atoms with Crippen LogP contribution in [-0.2, 0) is 9.59 Å². The molecule has 5 nitrogen and oxygen atoms in total. The van der Waals surface area contributed by atoms with Crippen molar-refractivity contribution in [3.05, 3.63) is 0 Å². The molecule has 1 aliphatic rings. The second-order valence-electron chi connectivity index (χ2n) is 3.36. The van der Waals surface area contributed by atoms with E-state index < -0.39 is 11.8 Å². The molecule has 1 fully saturated rings. The maximum Gasteiger partial charge on any atom is 0.311 e. The zero-order chi connectivity index (χ0) is 10.4. The molecule has 5 heteroatoms. The van der Waals surface area contributed by atoms with Crippen molar-refractivity contribution in [3.8, 4) is 0 Å². The summed E-state index contributed by atoms with van der Waals surface area (Å²) < 4.78 is 0. The van der Waals surface area contributed by atoms with Crippen LogP contribution in [0.2, 0.25) is 0 Å². The molecule has 0 aliphatic carbocycles. The van der Waals surface area contributed by atoms with Crippen molar-refractivity contribution >= 4 is 11.8 Å². The Bertz CT molecular complexity index is 218. The van der Waals surface area contributed by atoms with E-state index in [-0.39, 0.29) is 0 Å². The summed E-state index contributed by atoms with van der Waals surface area (Å²) in [6.45, 7) is 2.81. The van der Waals surface area contributed by atoms with Crippen molar-refractivity contribution in [3.63, 3.8) is 0 Å². The average molecular weight is 199 g/mol. The van der Waals surface area contributed by atoms with Gasteiger partial charge >= 0.3 is 11.8 Å². The highest BCUT2D eigenvalue weighted by molar-refractivity contribution is 6.35. The first-order valence-electron chi connectivity index (χ1n) is 4.97. The van der Waals surface area contributed by atoms with E-state index in [1.165, 1.54) is 0 Å². The molecule has 1 aliphatic heterocycles. The van der Waals surface area contributed by atoms with Gasteiger partial charge in [0.15, 0.2) is 0 Å². The highest BCUT2D eigenvalue weighted by atomic mass is 16.2. The maximum absolute atomic E-state index is 11.4. The molecule has 1 heterocycles. The predicted molar refractivity (Wildman–Crippen MR) is 52.8 cm³/mol. The minimum absolute atomic E-state index is 0.390. The molecular weight excluding hydrogens is 182 g/mol. The van der Waals surface area contributed by atoms with Gasteiger partial charge in [-0.3, -0.25) is 9.59 Å². The Labute approximate surface area is 83.8 Å². The van der Waals surface area contributed by atoms with Crippen LogP contribution in [0.25, 0.3) is 0 Å². The van der Waals surface area contributed by atoms with Crippen LogP contribution in [0.1, 0.15) is 12.8 Å². The summed E-state index contributed by atoms with van der Waals surface area (Å²) in [5, 5.41) is 5.58. The van der Waals surface area contributed by atoms with Gasteiger partial charge in [-0.15, -0.1) is 0 Å². The fraction of sp³-hybridized carbons (Fsp3) is 0.778. The van der Waals surface area contributed by atoms with Gasteiger partial charge < -0.3 is 15.5 Å². The summed E-state index contributed by atoms with van der Waals surface area (Å²) in [5.41, 5.74) is 0. The van der Waals surface area contributed by atoms with E-state index in [2.05, 4.69) is 10.6 Å². The van der Waals surface area contributed by atoms with E-state index in [9.17, 15) is 9.59 Å². The molecule has 0 saturated carbocycles. The number of amides is 2. The van der Waals surface area contributed by atoms with Crippen LogP contribution in [0.5, 0.6) is 0 Å². The Kier molecular flexibility index (Phi) is 4.39. The van der Waals surface area contributed by atoms with Crippen molar-refractivity contribution in [2.75, 3.05) is 33.2 Å². The van der Waals surface area contributed by atoms with E-state index in [0.717, 1.165) is 19.4 Å².